The van der Waals surface area contributed by atoms with Crippen LogP contribution in [0.1, 0.15) is 55.9 Å². The van der Waals surface area contributed by atoms with Crippen LogP contribution in [0.3, 0.4) is 0 Å². The highest BCUT2D eigenvalue weighted by molar-refractivity contribution is 7.16. The monoisotopic (exact) mass is 361 g/mol. The third-order valence-corrected chi connectivity index (χ3v) is 5.72. The molecular weight excluding hydrogens is 334 g/mol. The summed E-state index contributed by atoms with van der Waals surface area (Å²) in [5, 5.41) is 5.84. The Morgan fingerprint density at radius 3 is 2.76 bits per heavy atom. The summed E-state index contributed by atoms with van der Waals surface area (Å²) in [4.78, 5) is 28.7. The number of aromatic nitrogens is 1. The molecule has 0 atom stereocenters. The zero-order chi connectivity index (χ0) is 17.8. The molecule has 0 aliphatic carbocycles. The molecule has 3 rings (SSSR count). The van der Waals surface area contributed by atoms with Gasteiger partial charge in [-0.05, 0) is 70.3 Å². The normalized spacial score (nSPS) is 15.8. The average molecular weight is 362 g/mol. The van der Waals surface area contributed by atoms with Crippen LogP contribution in [0.2, 0.25) is 0 Å². The molecule has 6 heteroatoms. The lowest BCUT2D eigenvalue weighted by Crippen LogP contribution is -2.36. The average Bonchev–Trinajstić information content (AvgIpc) is 3.06. The number of nitrogens with zero attached hydrogens (tertiary/aromatic N) is 2. The van der Waals surface area contributed by atoms with Crippen LogP contribution in [-0.2, 0) is 0 Å². The van der Waals surface area contributed by atoms with Gasteiger partial charge in [0.2, 0.25) is 0 Å². The van der Waals surface area contributed by atoms with Crippen molar-refractivity contribution in [3.63, 3.8) is 0 Å². The molecule has 1 saturated heterocycles. The topological polar surface area (TPSA) is 54.3 Å². The van der Waals surface area contributed by atoms with Gasteiger partial charge in [0, 0.05) is 18.0 Å². The minimum Gasteiger partial charge on any atom is -0.352 e. The third kappa shape index (κ3) is 4.12. The SMILES string of the molecule is CC(C)n1c(=O)c(C(=O)NCCCN2CCCCC2)cc2ccsc21. The predicted molar refractivity (Wildman–Crippen MR) is 104 cm³/mol. The van der Waals surface area contributed by atoms with Gasteiger partial charge in [-0.25, -0.2) is 0 Å². The van der Waals surface area contributed by atoms with Crippen molar-refractivity contribution in [1.29, 1.82) is 0 Å². The second kappa shape index (κ2) is 8.15. The van der Waals surface area contributed by atoms with Crippen molar-refractivity contribution in [3.05, 3.63) is 33.4 Å². The van der Waals surface area contributed by atoms with Crippen molar-refractivity contribution in [3.8, 4) is 0 Å². The number of thiophene rings is 1. The fraction of sp³-hybridized carbons (Fsp3) is 0.579. The first-order valence-electron chi connectivity index (χ1n) is 9.21. The number of rotatable bonds is 6. The number of nitrogens with one attached hydrogen (secondary N) is 1. The van der Waals surface area contributed by atoms with E-state index in [4.69, 9.17) is 0 Å². The number of likely N-dealkylation sites (tertiary alicyclic amines) is 1. The molecule has 25 heavy (non-hydrogen) atoms. The first-order chi connectivity index (χ1) is 12.1. The summed E-state index contributed by atoms with van der Waals surface area (Å²) in [7, 11) is 0. The van der Waals surface area contributed by atoms with E-state index in [0.717, 1.165) is 23.2 Å². The lowest BCUT2D eigenvalue weighted by Gasteiger charge is -2.26. The van der Waals surface area contributed by atoms with E-state index in [-0.39, 0.29) is 23.1 Å². The molecule has 0 bridgehead atoms. The van der Waals surface area contributed by atoms with Gasteiger partial charge in [0.15, 0.2) is 0 Å². The molecule has 1 aliphatic rings. The highest BCUT2D eigenvalue weighted by atomic mass is 32.1. The summed E-state index contributed by atoms with van der Waals surface area (Å²) in [6.45, 7) is 7.91. The first-order valence-corrected chi connectivity index (χ1v) is 10.1. The van der Waals surface area contributed by atoms with Crippen molar-refractivity contribution in [2.45, 2.75) is 45.6 Å². The van der Waals surface area contributed by atoms with Crippen molar-refractivity contribution in [1.82, 2.24) is 14.8 Å². The number of amides is 1. The summed E-state index contributed by atoms with van der Waals surface area (Å²) in [5.41, 5.74) is 0.0519. The van der Waals surface area contributed by atoms with Crippen LogP contribution < -0.4 is 10.9 Å². The summed E-state index contributed by atoms with van der Waals surface area (Å²) in [6.07, 6.45) is 4.81. The van der Waals surface area contributed by atoms with Crippen molar-refractivity contribution >= 4 is 27.5 Å². The maximum atomic E-state index is 12.7. The quantitative estimate of drug-likeness (QED) is 0.804. The van der Waals surface area contributed by atoms with Gasteiger partial charge in [-0.1, -0.05) is 6.42 Å². The minimum absolute atomic E-state index is 0.0282. The van der Waals surface area contributed by atoms with E-state index in [9.17, 15) is 9.59 Å². The molecule has 0 radical (unpaired) electrons. The van der Waals surface area contributed by atoms with E-state index in [2.05, 4.69) is 10.2 Å². The molecule has 136 valence electrons. The maximum absolute atomic E-state index is 12.7. The Morgan fingerprint density at radius 2 is 2.04 bits per heavy atom. The number of carbonyl (C=O) groups excluding carboxylic acids is 1. The molecule has 0 aromatic carbocycles. The number of carbonyl (C=O) groups is 1. The molecule has 1 N–H and O–H groups in total. The number of piperidine rings is 1. The lowest BCUT2D eigenvalue weighted by atomic mass is 10.1. The zero-order valence-corrected chi connectivity index (χ0v) is 15.9. The van der Waals surface area contributed by atoms with Gasteiger partial charge >= 0.3 is 0 Å². The van der Waals surface area contributed by atoms with E-state index < -0.39 is 0 Å². The number of hydrogen-bond donors (Lipinski definition) is 1. The Bertz CT molecular complexity index is 788. The molecule has 5 nitrogen and oxygen atoms in total. The molecule has 1 aliphatic heterocycles. The summed E-state index contributed by atoms with van der Waals surface area (Å²) in [5.74, 6) is -0.258. The van der Waals surface area contributed by atoms with Crippen LogP contribution >= 0.6 is 11.3 Å². The van der Waals surface area contributed by atoms with Gasteiger partial charge < -0.3 is 10.2 Å². The molecule has 3 heterocycles. The standard InChI is InChI=1S/C19H27N3O2S/c1-14(2)22-18(24)16(13-15-7-12-25-19(15)22)17(23)20-8-6-11-21-9-4-3-5-10-21/h7,12-14H,3-6,8-11H2,1-2H3,(H,20,23). The summed E-state index contributed by atoms with van der Waals surface area (Å²) >= 11 is 1.54. The molecule has 0 spiro atoms. The van der Waals surface area contributed by atoms with Gasteiger partial charge in [0.05, 0.1) is 0 Å². The van der Waals surface area contributed by atoms with Gasteiger partial charge in [0.1, 0.15) is 10.4 Å². The second-order valence-corrected chi connectivity index (χ2v) is 7.91. The van der Waals surface area contributed by atoms with Crippen molar-refractivity contribution in [2.75, 3.05) is 26.2 Å². The van der Waals surface area contributed by atoms with Crippen LogP contribution in [0.25, 0.3) is 10.2 Å². The third-order valence-electron chi connectivity index (χ3n) is 4.79. The molecule has 0 saturated carbocycles. The predicted octanol–water partition coefficient (Wildman–Crippen LogP) is 3.25. The van der Waals surface area contributed by atoms with Crippen LogP contribution in [0, 0.1) is 0 Å². The first kappa shape index (κ1) is 18.1. The summed E-state index contributed by atoms with van der Waals surface area (Å²) in [6, 6.07) is 3.72. The fourth-order valence-corrected chi connectivity index (χ4v) is 4.48. The molecule has 2 aromatic heterocycles. The second-order valence-electron chi connectivity index (χ2n) is 7.02. The van der Waals surface area contributed by atoms with Gasteiger partial charge in [-0.15, -0.1) is 11.3 Å². The molecule has 1 fully saturated rings. The van der Waals surface area contributed by atoms with E-state index in [1.807, 2.05) is 25.3 Å². The lowest BCUT2D eigenvalue weighted by molar-refractivity contribution is 0.0949. The van der Waals surface area contributed by atoms with Crippen LogP contribution in [0.15, 0.2) is 22.3 Å². The number of pyridine rings is 1. The Labute approximate surface area is 152 Å². The Hall–Kier alpha value is -1.66. The van der Waals surface area contributed by atoms with Gasteiger partial charge in [-0.2, -0.15) is 0 Å². The smallest absolute Gasteiger partial charge is 0.264 e. The molecule has 0 unspecified atom stereocenters. The molecule has 1 amide bonds. The molecular formula is C19H27N3O2S. The van der Waals surface area contributed by atoms with Gasteiger partial charge in [-0.3, -0.25) is 14.2 Å². The van der Waals surface area contributed by atoms with Crippen LogP contribution in [-0.4, -0.2) is 41.6 Å². The van der Waals surface area contributed by atoms with Crippen molar-refractivity contribution < 1.29 is 4.79 Å². The fourth-order valence-electron chi connectivity index (χ4n) is 3.47. The number of fused-ring (bicyclic) bond motifs is 1. The van der Waals surface area contributed by atoms with E-state index in [1.165, 1.54) is 43.7 Å². The Kier molecular flexibility index (Phi) is 5.91. The van der Waals surface area contributed by atoms with E-state index in [1.54, 1.807) is 10.6 Å². The minimum atomic E-state index is -0.258. The Balaban J connectivity index is 1.65. The highest BCUT2D eigenvalue weighted by Crippen LogP contribution is 2.22. The highest BCUT2D eigenvalue weighted by Gasteiger charge is 2.17. The largest absolute Gasteiger partial charge is 0.352 e. The number of hydrogen-bond acceptors (Lipinski definition) is 4. The van der Waals surface area contributed by atoms with Crippen molar-refractivity contribution in [2.24, 2.45) is 0 Å². The molecule has 2 aromatic rings. The van der Waals surface area contributed by atoms with Crippen LogP contribution in [0.4, 0.5) is 0 Å². The maximum Gasteiger partial charge on any atom is 0.264 e. The van der Waals surface area contributed by atoms with E-state index >= 15 is 0 Å². The van der Waals surface area contributed by atoms with Crippen LogP contribution in [0.5, 0.6) is 0 Å². The zero-order valence-electron chi connectivity index (χ0n) is 15.1. The van der Waals surface area contributed by atoms with E-state index in [0.29, 0.717) is 6.54 Å². The summed E-state index contributed by atoms with van der Waals surface area (Å²) < 4.78 is 1.72. The Morgan fingerprint density at radius 1 is 1.28 bits per heavy atom. The van der Waals surface area contributed by atoms with Gasteiger partial charge in [0.25, 0.3) is 11.5 Å².